The van der Waals surface area contributed by atoms with Crippen LogP contribution in [0.4, 0.5) is 17.6 Å². The number of fused-ring (bicyclic) bond motifs is 1. The highest BCUT2D eigenvalue weighted by Gasteiger charge is 2.60. The van der Waals surface area contributed by atoms with Crippen LogP contribution in [0.3, 0.4) is 0 Å². The number of hydrogen-bond acceptors (Lipinski definition) is 5. The maximum absolute atomic E-state index is 16.2. The second-order valence-electron chi connectivity index (χ2n) is 22.8. The quantitative estimate of drug-likeness (QED) is 0.0579. The highest BCUT2D eigenvalue weighted by atomic mass is 32.2. The number of carbonyl (C=O) groups is 1. The van der Waals surface area contributed by atoms with E-state index in [1.165, 1.54) is 11.8 Å². The van der Waals surface area contributed by atoms with Gasteiger partial charge < -0.3 is 14.4 Å². The molecule has 0 radical (unpaired) electrons. The van der Waals surface area contributed by atoms with Crippen molar-refractivity contribution in [1.82, 2.24) is 19.4 Å². The Kier molecular flexibility index (Phi) is 16.1. The van der Waals surface area contributed by atoms with Gasteiger partial charge in [0.25, 0.3) is 5.56 Å². The molecule has 0 fully saturated rings. The van der Waals surface area contributed by atoms with Gasteiger partial charge >= 0.3 is 6.18 Å². The van der Waals surface area contributed by atoms with Crippen molar-refractivity contribution < 1.29 is 22.4 Å². The topological polar surface area (TPSA) is 58.4 Å². The summed E-state index contributed by atoms with van der Waals surface area (Å²) in [6.45, 7) is 7.21. The minimum atomic E-state index is -4.47. The van der Waals surface area contributed by atoms with Crippen LogP contribution in [-0.4, -0.2) is 224 Å². The fraction of sp³-hybridized carbons (Fsp3) is 0.361. The minimum Gasteiger partial charge on any atom is -0.336 e. The van der Waals surface area contributed by atoms with Crippen LogP contribution in [0.2, 0.25) is 5.21 Å². The predicted octanol–water partition coefficient (Wildman–Crippen LogP) is -24.2. The van der Waals surface area contributed by atoms with Gasteiger partial charge in [-0.05, 0) is 34.3 Å². The van der Waals surface area contributed by atoms with Crippen LogP contribution in [0.5, 0.6) is 0 Å². The second-order valence-corrected chi connectivity index (χ2v) is 24.4. The zero-order valence-electron chi connectivity index (χ0n) is 46.6. The van der Waals surface area contributed by atoms with Crippen LogP contribution >= 0.6 is 11.8 Å². The third kappa shape index (κ3) is 9.18. The monoisotopic (exact) mass is 931 g/mol. The number of amides is 1. The van der Waals surface area contributed by atoms with E-state index < -0.39 is 37.3 Å². The summed E-state index contributed by atoms with van der Waals surface area (Å²) in [5.41, 5.74) is 12.8. The Hall–Kier alpha value is -2.53. The van der Waals surface area contributed by atoms with Crippen LogP contribution in [0, 0.1) is 5.82 Å². The molecular weight excluding hydrogens is 866 g/mol. The lowest BCUT2D eigenvalue weighted by atomic mass is 9.20. The number of thioether (sulfide) groups is 1. The Balaban J connectivity index is 1.81. The predicted molar refractivity (Wildman–Crippen MR) is 350 cm³/mol. The summed E-state index contributed by atoms with van der Waals surface area (Å²) in [4.78, 5) is 40.2. The molecule has 5 rings (SSSR count). The molecule has 336 valence electrons. The molecule has 0 bridgehead atoms. The van der Waals surface area contributed by atoms with Gasteiger partial charge in [-0.2, -0.15) is 18.2 Å². The van der Waals surface area contributed by atoms with E-state index in [1.54, 1.807) is 31.4 Å². The highest BCUT2D eigenvalue weighted by Crippen LogP contribution is 2.58. The third-order valence-electron chi connectivity index (χ3n) is 18.1. The fourth-order valence-electron chi connectivity index (χ4n) is 11.9. The van der Waals surface area contributed by atoms with E-state index in [1.807, 2.05) is 67.7 Å². The van der Waals surface area contributed by atoms with Crippen LogP contribution in [-0.2, 0) is 37.8 Å². The van der Waals surface area contributed by atoms with E-state index in [-0.39, 0.29) is 28.2 Å². The molecule has 0 unspecified atom stereocenters. The maximum Gasteiger partial charge on any atom is 0.415 e. The number of aromatic nitrogens is 2. The molecule has 0 aliphatic heterocycles. The Morgan fingerprint density at radius 3 is 1.48 bits per heavy atom. The third-order valence-corrected chi connectivity index (χ3v) is 19.3. The molecule has 3 aromatic carbocycles. The molecule has 1 aromatic heterocycles. The summed E-state index contributed by atoms with van der Waals surface area (Å²) in [5, 5.41) is -2.50. The average Bonchev–Trinajstić information content (AvgIpc) is 3.34. The Labute approximate surface area is 433 Å². The van der Waals surface area contributed by atoms with Gasteiger partial charge in [-0.1, -0.05) is 112 Å². The smallest absolute Gasteiger partial charge is 0.336 e. The zero-order valence-corrected chi connectivity index (χ0v) is 47.4. The minimum absolute atomic E-state index is 0.125. The van der Waals surface area contributed by atoms with Gasteiger partial charge in [0, 0.05) is 36.5 Å². The van der Waals surface area contributed by atoms with E-state index in [0.29, 0.717) is 52.2 Å². The van der Waals surface area contributed by atoms with Gasteiger partial charge in [0.1, 0.15) is 163 Å². The van der Waals surface area contributed by atoms with Crippen molar-refractivity contribution in [3.8, 4) is 11.1 Å². The molecule has 1 amide bonds. The standard InChI is InChI=1S/C36H60B22F4N4O2S/c1-3-64(4-2)5-6-65(7-8-14(37)16(39)9(17(40)15(8)38)10-18(41)22(45)12(35(60,61)62)23(46)19(10)42)29(68)33(53,54)66-27-13(31(49,50)36(57,58)32(27,51)52)28(67)63-30(66)69-34(55,56)11-20(43)24(47)26(59)25(48)21(11)44/h3-7,37-58H2,1-2H3. The lowest BCUT2D eigenvalue weighted by Gasteiger charge is -2.47. The number of alkyl halides is 3. The number of likely N-dealkylation sites (N-methyl/N-ethyl adjacent to an activating group) is 1. The molecule has 33 heteroatoms. The number of hydrogen-bond donors (Lipinski definition) is 0. The SMILES string of the molecule is Bc1c(B)c(C(B)(B)Sc2nc(=O)c3c(n2C(B)(B)C(=O)N(CCN(CC)CC)Cc2c(B)c(B)c(-c4c(B)c(B)c(C(F)(F)F)c(B)c4B)c(B)c2B)C(B)(B)C(B)(B)C3(B)B)c(B)c(B)c1F. The number of carbonyl (C=O) groups excluding carboxylic acids is 1. The molecule has 0 spiro atoms. The largest absolute Gasteiger partial charge is 0.415 e. The molecule has 4 aromatic rings. The van der Waals surface area contributed by atoms with E-state index in [0.717, 1.165) is 73.8 Å². The number of halogens is 4. The summed E-state index contributed by atoms with van der Waals surface area (Å²) in [7, 11) is 43.6. The second kappa shape index (κ2) is 19.4. The molecule has 0 saturated carbocycles. The molecule has 1 aliphatic carbocycles. The van der Waals surface area contributed by atoms with Gasteiger partial charge in [0.05, 0.1) is 21.0 Å². The van der Waals surface area contributed by atoms with Crippen LogP contribution in [0.15, 0.2) is 9.95 Å². The first kappa shape index (κ1) is 57.4. The van der Waals surface area contributed by atoms with Gasteiger partial charge in [0.15, 0.2) is 5.16 Å². The molecule has 1 heterocycles. The van der Waals surface area contributed by atoms with Crippen molar-refractivity contribution in [3.05, 3.63) is 44.1 Å². The van der Waals surface area contributed by atoms with Crippen molar-refractivity contribution >= 4 is 256 Å². The van der Waals surface area contributed by atoms with Crippen LogP contribution in [0.1, 0.15) is 41.8 Å². The Morgan fingerprint density at radius 2 is 1.06 bits per heavy atom. The van der Waals surface area contributed by atoms with Crippen molar-refractivity contribution in [2.24, 2.45) is 0 Å². The van der Waals surface area contributed by atoms with Crippen molar-refractivity contribution in [3.63, 3.8) is 0 Å². The zero-order chi connectivity index (χ0) is 53.0. The molecular formula is C36H60B22F4N4O2S. The summed E-state index contributed by atoms with van der Waals surface area (Å²) in [5.74, 6) is -0.342. The van der Waals surface area contributed by atoms with Gasteiger partial charge in [0.2, 0.25) is 5.91 Å². The van der Waals surface area contributed by atoms with Gasteiger partial charge in [-0.15, -0.1) is 0 Å². The molecule has 1 aliphatic rings. The Morgan fingerprint density at radius 1 is 0.638 bits per heavy atom. The lowest BCUT2D eigenvalue weighted by Crippen LogP contribution is -2.58. The molecule has 6 nitrogen and oxygen atoms in total. The van der Waals surface area contributed by atoms with Gasteiger partial charge in [-0.3, -0.25) is 9.59 Å². The first-order valence-corrected chi connectivity index (χ1v) is 25.6. The molecule has 0 atom stereocenters. The summed E-state index contributed by atoms with van der Waals surface area (Å²) in [6.07, 6.45) is -4.47. The summed E-state index contributed by atoms with van der Waals surface area (Å²) >= 11 is 1.45. The van der Waals surface area contributed by atoms with Crippen LogP contribution in [0.25, 0.3) is 11.1 Å². The number of nitrogens with zero attached hydrogens (tertiary/aromatic N) is 4. The van der Waals surface area contributed by atoms with Crippen molar-refractivity contribution in [2.75, 3.05) is 26.2 Å². The maximum atomic E-state index is 16.2. The molecule has 69 heavy (non-hydrogen) atoms. The normalized spacial score (nSPS) is 15.3. The molecule has 0 saturated heterocycles. The van der Waals surface area contributed by atoms with Gasteiger partial charge in [-0.25, -0.2) is 4.39 Å². The summed E-state index contributed by atoms with van der Waals surface area (Å²) < 4.78 is 60.2. The lowest BCUT2D eigenvalue weighted by molar-refractivity contribution is -0.136. The van der Waals surface area contributed by atoms with E-state index in [4.69, 9.17) is 4.98 Å². The first-order valence-electron chi connectivity index (χ1n) is 24.8. The summed E-state index contributed by atoms with van der Waals surface area (Å²) in [6, 6.07) is 0. The van der Waals surface area contributed by atoms with E-state index in [2.05, 4.69) is 102 Å². The highest BCUT2D eigenvalue weighted by molar-refractivity contribution is 8.02. The average molecular weight is 927 g/mol. The van der Waals surface area contributed by atoms with Crippen molar-refractivity contribution in [1.29, 1.82) is 0 Å². The van der Waals surface area contributed by atoms with Crippen LogP contribution < -0.4 is 71.1 Å². The fourth-order valence-corrected chi connectivity index (χ4v) is 13.3. The Bertz CT molecular complexity index is 2770. The van der Waals surface area contributed by atoms with Crippen molar-refractivity contribution in [2.45, 2.75) is 57.2 Å². The van der Waals surface area contributed by atoms with E-state index in [9.17, 15) is 18.0 Å². The van der Waals surface area contributed by atoms with E-state index >= 15 is 9.18 Å². The number of benzene rings is 3. The first-order chi connectivity index (χ1) is 31.3. The number of rotatable bonds is 13. The molecule has 0 N–H and O–H groups in total.